The fourth-order valence-corrected chi connectivity index (χ4v) is 2.55. The van der Waals surface area contributed by atoms with Crippen LogP contribution in [0.1, 0.15) is 45.4 Å². The molecule has 1 aromatic heterocycles. The number of anilines is 1. The Hall–Kier alpha value is -1.17. The van der Waals surface area contributed by atoms with Gasteiger partial charge in [-0.15, -0.1) is 0 Å². The van der Waals surface area contributed by atoms with Crippen molar-refractivity contribution in [1.29, 1.82) is 0 Å². The molecule has 1 aliphatic carbocycles. The van der Waals surface area contributed by atoms with Crippen LogP contribution in [0.3, 0.4) is 0 Å². The maximum Gasteiger partial charge on any atom is 0.325 e. The van der Waals surface area contributed by atoms with Crippen LogP contribution in [-0.4, -0.2) is 34.5 Å². The molecule has 0 atom stereocenters. The monoisotopic (exact) mass is 269 g/mol. The molecule has 0 aromatic carbocycles. The lowest BCUT2D eigenvalue weighted by Crippen LogP contribution is -2.36. The van der Waals surface area contributed by atoms with Crippen LogP contribution in [0.5, 0.6) is 0 Å². The zero-order valence-electron chi connectivity index (χ0n) is 11.0. The van der Waals surface area contributed by atoms with Crippen LogP contribution in [-0.2, 0) is 9.53 Å². The van der Waals surface area contributed by atoms with Gasteiger partial charge >= 0.3 is 5.97 Å². The van der Waals surface area contributed by atoms with Gasteiger partial charge in [-0.25, -0.2) is 4.98 Å². The van der Waals surface area contributed by atoms with E-state index in [0.717, 1.165) is 11.0 Å². The molecule has 100 valence electrons. The lowest BCUT2D eigenvalue weighted by atomic mass is 10.3. The average molecular weight is 269 g/mol. The van der Waals surface area contributed by atoms with Crippen molar-refractivity contribution in [2.45, 2.75) is 45.6 Å². The number of carbonyl (C=O) groups is 1. The summed E-state index contributed by atoms with van der Waals surface area (Å²) < 4.78 is 9.36. The summed E-state index contributed by atoms with van der Waals surface area (Å²) in [6.07, 6.45) is 2.38. The number of carbonyl (C=O) groups excluding carboxylic acids is 1. The van der Waals surface area contributed by atoms with Gasteiger partial charge in [0.2, 0.25) is 5.13 Å². The van der Waals surface area contributed by atoms with Crippen LogP contribution >= 0.6 is 11.5 Å². The number of aromatic nitrogens is 2. The Morgan fingerprint density at radius 2 is 2.28 bits per heavy atom. The van der Waals surface area contributed by atoms with E-state index in [0.29, 0.717) is 12.5 Å². The lowest BCUT2D eigenvalue weighted by molar-refractivity contribution is -0.141. The molecule has 1 fully saturated rings. The summed E-state index contributed by atoms with van der Waals surface area (Å²) in [5.41, 5.74) is 0. The molecule has 0 radical (unpaired) electrons. The number of hydrogen-bond acceptors (Lipinski definition) is 6. The van der Waals surface area contributed by atoms with Crippen molar-refractivity contribution < 1.29 is 9.53 Å². The van der Waals surface area contributed by atoms with E-state index in [1.807, 2.05) is 25.7 Å². The Morgan fingerprint density at radius 1 is 1.56 bits per heavy atom. The van der Waals surface area contributed by atoms with E-state index in [-0.39, 0.29) is 18.6 Å². The summed E-state index contributed by atoms with van der Waals surface area (Å²) in [5.74, 6) is 1.27. The Labute approximate surface area is 111 Å². The van der Waals surface area contributed by atoms with E-state index in [9.17, 15) is 4.79 Å². The molecule has 0 spiro atoms. The predicted molar refractivity (Wildman–Crippen MR) is 71.0 cm³/mol. The molecule has 5 nitrogen and oxygen atoms in total. The average Bonchev–Trinajstić information content (AvgIpc) is 3.05. The molecule has 1 aliphatic rings. The lowest BCUT2D eigenvalue weighted by Gasteiger charge is -2.24. The van der Waals surface area contributed by atoms with E-state index >= 15 is 0 Å². The summed E-state index contributed by atoms with van der Waals surface area (Å²) in [5, 5.41) is 0.819. The van der Waals surface area contributed by atoms with Gasteiger partial charge in [-0.05, 0) is 33.6 Å². The number of esters is 1. The van der Waals surface area contributed by atoms with Crippen LogP contribution in [0.25, 0.3) is 0 Å². The van der Waals surface area contributed by atoms with Crippen molar-refractivity contribution in [2.24, 2.45) is 0 Å². The zero-order valence-corrected chi connectivity index (χ0v) is 11.9. The van der Waals surface area contributed by atoms with Crippen LogP contribution < -0.4 is 4.90 Å². The molecular weight excluding hydrogens is 250 g/mol. The molecule has 0 aliphatic heterocycles. The molecule has 0 amide bonds. The standard InChI is InChI=1S/C12H19N3O2S/c1-4-17-10(16)7-15(8(2)3)12-13-11(14-18-12)9-5-6-9/h8-9H,4-7H2,1-3H3. The maximum absolute atomic E-state index is 11.6. The molecule has 0 bridgehead atoms. The van der Waals surface area contributed by atoms with Crippen LogP contribution in [0.4, 0.5) is 5.13 Å². The summed E-state index contributed by atoms with van der Waals surface area (Å²) in [6.45, 7) is 6.54. The maximum atomic E-state index is 11.6. The van der Waals surface area contributed by atoms with Gasteiger partial charge in [-0.2, -0.15) is 4.37 Å². The van der Waals surface area contributed by atoms with E-state index in [1.165, 1.54) is 24.4 Å². The molecule has 2 rings (SSSR count). The molecule has 18 heavy (non-hydrogen) atoms. The molecule has 6 heteroatoms. The summed E-state index contributed by atoms with van der Waals surface area (Å²) >= 11 is 1.37. The van der Waals surface area contributed by atoms with Crippen molar-refractivity contribution in [3.63, 3.8) is 0 Å². The van der Waals surface area contributed by atoms with Crippen molar-refractivity contribution in [2.75, 3.05) is 18.1 Å². The van der Waals surface area contributed by atoms with E-state index in [1.54, 1.807) is 0 Å². The molecule has 0 saturated heterocycles. The van der Waals surface area contributed by atoms with Gasteiger partial charge in [-0.1, -0.05) is 0 Å². The SMILES string of the molecule is CCOC(=O)CN(c1nc(C2CC2)ns1)C(C)C. The smallest absolute Gasteiger partial charge is 0.325 e. The quantitative estimate of drug-likeness (QED) is 0.741. The second-order valence-corrected chi connectivity index (χ2v) is 5.47. The topological polar surface area (TPSA) is 55.3 Å². The van der Waals surface area contributed by atoms with Crippen LogP contribution in [0.2, 0.25) is 0 Å². The Balaban J connectivity index is 2.05. The molecule has 1 aromatic rings. The summed E-state index contributed by atoms with van der Waals surface area (Å²) in [7, 11) is 0. The van der Waals surface area contributed by atoms with Gasteiger partial charge in [0, 0.05) is 23.5 Å². The molecular formula is C12H19N3O2S. The second-order valence-electron chi connectivity index (χ2n) is 4.74. The van der Waals surface area contributed by atoms with Gasteiger partial charge in [0.25, 0.3) is 0 Å². The third-order valence-electron chi connectivity index (χ3n) is 2.85. The first-order chi connectivity index (χ1) is 8.61. The molecule has 1 heterocycles. The zero-order chi connectivity index (χ0) is 13.1. The van der Waals surface area contributed by atoms with Gasteiger partial charge in [0.05, 0.1) is 6.61 Å². The third kappa shape index (κ3) is 3.19. The van der Waals surface area contributed by atoms with Gasteiger partial charge < -0.3 is 9.64 Å². The number of ether oxygens (including phenoxy) is 1. The van der Waals surface area contributed by atoms with Crippen molar-refractivity contribution in [1.82, 2.24) is 9.36 Å². The Morgan fingerprint density at radius 3 is 2.83 bits per heavy atom. The van der Waals surface area contributed by atoms with Gasteiger partial charge in [-0.3, -0.25) is 4.79 Å². The Kier molecular flexibility index (Phi) is 4.16. The van der Waals surface area contributed by atoms with Crippen molar-refractivity contribution in [3.8, 4) is 0 Å². The highest BCUT2D eigenvalue weighted by Crippen LogP contribution is 2.39. The fraction of sp³-hybridized carbons (Fsp3) is 0.750. The highest BCUT2D eigenvalue weighted by molar-refractivity contribution is 7.09. The van der Waals surface area contributed by atoms with Crippen molar-refractivity contribution in [3.05, 3.63) is 5.82 Å². The van der Waals surface area contributed by atoms with E-state index in [2.05, 4.69) is 9.36 Å². The Bertz CT molecular complexity index is 415. The normalized spacial score (nSPS) is 14.9. The van der Waals surface area contributed by atoms with Gasteiger partial charge in [0.1, 0.15) is 12.4 Å². The first-order valence-corrected chi connectivity index (χ1v) is 7.15. The molecule has 0 unspecified atom stereocenters. The first-order valence-electron chi connectivity index (χ1n) is 6.37. The van der Waals surface area contributed by atoms with E-state index in [4.69, 9.17) is 4.74 Å². The minimum Gasteiger partial charge on any atom is -0.465 e. The fourth-order valence-electron chi connectivity index (χ4n) is 1.67. The summed E-state index contributed by atoms with van der Waals surface area (Å²) in [4.78, 5) is 18.1. The summed E-state index contributed by atoms with van der Waals surface area (Å²) in [6, 6.07) is 0.203. The first kappa shape index (κ1) is 13.3. The van der Waals surface area contributed by atoms with E-state index < -0.39 is 0 Å². The predicted octanol–water partition coefficient (Wildman–Crippen LogP) is 2.19. The number of rotatable bonds is 6. The minimum atomic E-state index is -0.214. The van der Waals surface area contributed by atoms with Gasteiger partial charge in [0.15, 0.2) is 0 Å². The second kappa shape index (κ2) is 5.65. The highest BCUT2D eigenvalue weighted by Gasteiger charge is 2.29. The van der Waals surface area contributed by atoms with Crippen molar-refractivity contribution >= 4 is 22.6 Å². The molecule has 1 saturated carbocycles. The van der Waals surface area contributed by atoms with Crippen LogP contribution in [0, 0.1) is 0 Å². The number of nitrogens with zero attached hydrogens (tertiary/aromatic N) is 3. The third-order valence-corrected chi connectivity index (χ3v) is 3.61. The van der Waals surface area contributed by atoms with Crippen LogP contribution in [0.15, 0.2) is 0 Å². The highest BCUT2D eigenvalue weighted by atomic mass is 32.1. The largest absolute Gasteiger partial charge is 0.465 e. The molecule has 0 N–H and O–H groups in total. The number of hydrogen-bond donors (Lipinski definition) is 0. The minimum absolute atomic E-state index is 0.203.